The summed E-state index contributed by atoms with van der Waals surface area (Å²) in [5, 5.41) is 0. The van der Waals surface area contributed by atoms with E-state index in [9.17, 15) is 9.59 Å². The third-order valence-corrected chi connectivity index (χ3v) is 3.19. The molecule has 0 unspecified atom stereocenters. The van der Waals surface area contributed by atoms with Crippen LogP contribution in [0.3, 0.4) is 0 Å². The fourth-order valence-electron chi connectivity index (χ4n) is 2.01. The topological polar surface area (TPSA) is 78.6 Å². The molecular weight excluding hydrogens is 282 g/mol. The molecule has 2 N–H and O–H groups in total. The summed E-state index contributed by atoms with van der Waals surface area (Å²) in [7, 11) is 1.50. The Hall–Kier alpha value is -2.82. The summed E-state index contributed by atoms with van der Waals surface area (Å²) in [4.78, 5) is 23.8. The standard InChI is InChI=1S/C17H17NO4/c1-11(16(19)12-6-4-3-5-7-12)22-15-10-13(21-2)8-9-14(15)17(18)20/h3-11H,1-2H3,(H2,18,20)/t11-/m0/s1. The van der Waals surface area contributed by atoms with Crippen molar-refractivity contribution in [1.29, 1.82) is 0 Å². The van der Waals surface area contributed by atoms with Crippen molar-refractivity contribution in [1.82, 2.24) is 0 Å². The Morgan fingerprint density at radius 1 is 1.09 bits per heavy atom. The Morgan fingerprint density at radius 3 is 2.36 bits per heavy atom. The van der Waals surface area contributed by atoms with Crippen molar-refractivity contribution in [2.24, 2.45) is 5.73 Å². The van der Waals surface area contributed by atoms with E-state index in [-0.39, 0.29) is 17.1 Å². The van der Waals surface area contributed by atoms with E-state index in [0.29, 0.717) is 11.3 Å². The van der Waals surface area contributed by atoms with Crippen molar-refractivity contribution in [3.8, 4) is 11.5 Å². The Bertz CT molecular complexity index is 682. The van der Waals surface area contributed by atoms with Gasteiger partial charge in [-0.05, 0) is 19.1 Å². The number of Topliss-reactive ketones (excluding diaryl/α,β-unsaturated/α-hetero) is 1. The first-order valence-electron chi connectivity index (χ1n) is 6.76. The highest BCUT2D eigenvalue weighted by atomic mass is 16.5. The lowest BCUT2D eigenvalue weighted by Crippen LogP contribution is -2.25. The van der Waals surface area contributed by atoms with Crippen LogP contribution in [0, 0.1) is 0 Å². The Morgan fingerprint density at radius 2 is 1.77 bits per heavy atom. The fourth-order valence-corrected chi connectivity index (χ4v) is 2.01. The van der Waals surface area contributed by atoms with Crippen LogP contribution in [-0.4, -0.2) is 24.9 Å². The number of hydrogen-bond donors (Lipinski definition) is 1. The molecular formula is C17H17NO4. The minimum atomic E-state index is -0.757. The van der Waals surface area contributed by atoms with Gasteiger partial charge in [0.05, 0.1) is 12.7 Å². The van der Waals surface area contributed by atoms with Gasteiger partial charge in [0.1, 0.15) is 11.5 Å². The molecule has 114 valence electrons. The maximum absolute atomic E-state index is 12.3. The minimum absolute atomic E-state index is 0.182. The average molecular weight is 299 g/mol. The Labute approximate surface area is 128 Å². The quantitative estimate of drug-likeness (QED) is 0.831. The molecule has 2 aromatic rings. The van der Waals surface area contributed by atoms with E-state index >= 15 is 0 Å². The molecule has 5 nitrogen and oxygen atoms in total. The molecule has 0 aliphatic heterocycles. The molecule has 1 atom stereocenters. The van der Waals surface area contributed by atoms with E-state index in [1.54, 1.807) is 37.3 Å². The van der Waals surface area contributed by atoms with Crippen LogP contribution < -0.4 is 15.2 Å². The van der Waals surface area contributed by atoms with Crippen LogP contribution in [0.15, 0.2) is 48.5 Å². The zero-order valence-corrected chi connectivity index (χ0v) is 12.4. The number of methoxy groups -OCH3 is 1. The fraction of sp³-hybridized carbons (Fsp3) is 0.176. The van der Waals surface area contributed by atoms with E-state index in [1.807, 2.05) is 6.07 Å². The normalized spacial score (nSPS) is 11.5. The lowest BCUT2D eigenvalue weighted by atomic mass is 10.1. The van der Waals surface area contributed by atoms with Crippen molar-refractivity contribution in [3.63, 3.8) is 0 Å². The van der Waals surface area contributed by atoms with E-state index < -0.39 is 12.0 Å². The van der Waals surface area contributed by atoms with E-state index in [2.05, 4.69) is 0 Å². The molecule has 5 heteroatoms. The Balaban J connectivity index is 2.25. The Kier molecular flexibility index (Phi) is 4.78. The molecule has 2 rings (SSSR count). The maximum Gasteiger partial charge on any atom is 0.252 e. The number of ether oxygens (including phenoxy) is 2. The summed E-state index contributed by atoms with van der Waals surface area (Å²) in [5.74, 6) is -0.0705. The molecule has 22 heavy (non-hydrogen) atoms. The van der Waals surface area contributed by atoms with Crippen LogP contribution in [0.1, 0.15) is 27.6 Å². The molecule has 0 radical (unpaired) electrons. The van der Waals surface area contributed by atoms with Crippen LogP contribution in [0.2, 0.25) is 0 Å². The number of carbonyl (C=O) groups excluding carboxylic acids is 2. The van der Waals surface area contributed by atoms with Gasteiger partial charge in [0.2, 0.25) is 5.78 Å². The summed E-state index contributed by atoms with van der Waals surface area (Å²) in [6, 6.07) is 13.5. The van der Waals surface area contributed by atoms with Gasteiger partial charge in [0.25, 0.3) is 5.91 Å². The van der Waals surface area contributed by atoms with Crippen LogP contribution in [-0.2, 0) is 0 Å². The molecule has 0 aromatic heterocycles. The van der Waals surface area contributed by atoms with Crippen LogP contribution in [0.5, 0.6) is 11.5 Å². The predicted molar refractivity (Wildman–Crippen MR) is 82.4 cm³/mol. The largest absolute Gasteiger partial charge is 0.497 e. The van der Waals surface area contributed by atoms with Gasteiger partial charge in [0, 0.05) is 11.6 Å². The zero-order chi connectivity index (χ0) is 16.1. The summed E-state index contributed by atoms with van der Waals surface area (Å²) < 4.78 is 10.7. The molecule has 0 aliphatic carbocycles. The van der Waals surface area contributed by atoms with Gasteiger partial charge in [0.15, 0.2) is 6.10 Å². The molecule has 0 heterocycles. The minimum Gasteiger partial charge on any atom is -0.497 e. The molecule has 0 saturated heterocycles. The molecule has 0 bridgehead atoms. The van der Waals surface area contributed by atoms with E-state index in [4.69, 9.17) is 15.2 Å². The number of carbonyl (C=O) groups is 2. The molecule has 1 amide bonds. The van der Waals surface area contributed by atoms with Gasteiger partial charge in [-0.1, -0.05) is 30.3 Å². The summed E-state index contributed by atoms with van der Waals surface area (Å²) in [6.45, 7) is 1.62. The van der Waals surface area contributed by atoms with Crippen molar-refractivity contribution >= 4 is 11.7 Å². The second kappa shape index (κ2) is 6.76. The van der Waals surface area contributed by atoms with Gasteiger partial charge in [-0.15, -0.1) is 0 Å². The van der Waals surface area contributed by atoms with Gasteiger partial charge < -0.3 is 15.2 Å². The van der Waals surface area contributed by atoms with Crippen LogP contribution in [0.4, 0.5) is 0 Å². The highest BCUT2D eigenvalue weighted by Crippen LogP contribution is 2.26. The number of benzene rings is 2. The van der Waals surface area contributed by atoms with Crippen molar-refractivity contribution in [3.05, 3.63) is 59.7 Å². The number of nitrogens with two attached hydrogens (primary N) is 1. The number of primary amides is 1. The van der Waals surface area contributed by atoms with Crippen molar-refractivity contribution in [2.45, 2.75) is 13.0 Å². The van der Waals surface area contributed by atoms with Crippen LogP contribution in [0.25, 0.3) is 0 Å². The first-order chi connectivity index (χ1) is 10.5. The molecule has 0 fully saturated rings. The first-order valence-corrected chi connectivity index (χ1v) is 6.76. The molecule has 0 saturated carbocycles. The molecule has 0 spiro atoms. The maximum atomic E-state index is 12.3. The van der Waals surface area contributed by atoms with Gasteiger partial charge in [-0.3, -0.25) is 9.59 Å². The summed E-state index contributed by atoms with van der Waals surface area (Å²) in [6.07, 6.45) is -0.757. The molecule has 2 aromatic carbocycles. The van der Waals surface area contributed by atoms with E-state index in [0.717, 1.165) is 0 Å². The van der Waals surface area contributed by atoms with Crippen LogP contribution >= 0.6 is 0 Å². The predicted octanol–water partition coefficient (Wildman–Crippen LogP) is 2.44. The SMILES string of the molecule is COc1ccc(C(N)=O)c(O[C@@H](C)C(=O)c2ccccc2)c1. The van der Waals surface area contributed by atoms with E-state index in [1.165, 1.54) is 19.2 Å². The third kappa shape index (κ3) is 3.44. The van der Waals surface area contributed by atoms with Gasteiger partial charge in [-0.25, -0.2) is 0 Å². The second-order valence-corrected chi connectivity index (χ2v) is 4.72. The summed E-state index contributed by atoms with van der Waals surface area (Å²) in [5.41, 5.74) is 6.07. The second-order valence-electron chi connectivity index (χ2n) is 4.72. The zero-order valence-electron chi connectivity index (χ0n) is 12.4. The monoisotopic (exact) mass is 299 g/mol. The number of ketones is 1. The first kappa shape index (κ1) is 15.6. The average Bonchev–Trinajstić information content (AvgIpc) is 2.54. The molecule has 0 aliphatic rings. The number of hydrogen-bond acceptors (Lipinski definition) is 4. The lowest BCUT2D eigenvalue weighted by Gasteiger charge is -2.16. The van der Waals surface area contributed by atoms with Gasteiger partial charge >= 0.3 is 0 Å². The number of rotatable bonds is 6. The van der Waals surface area contributed by atoms with Crippen molar-refractivity contribution in [2.75, 3.05) is 7.11 Å². The summed E-state index contributed by atoms with van der Waals surface area (Å²) >= 11 is 0. The van der Waals surface area contributed by atoms with Gasteiger partial charge in [-0.2, -0.15) is 0 Å². The number of amides is 1. The third-order valence-electron chi connectivity index (χ3n) is 3.19. The van der Waals surface area contributed by atoms with Crippen molar-refractivity contribution < 1.29 is 19.1 Å². The highest BCUT2D eigenvalue weighted by molar-refractivity contribution is 6.00. The smallest absolute Gasteiger partial charge is 0.252 e. The lowest BCUT2D eigenvalue weighted by molar-refractivity contribution is 0.0810. The highest BCUT2D eigenvalue weighted by Gasteiger charge is 2.20.